The van der Waals surface area contributed by atoms with E-state index in [1.807, 2.05) is 0 Å². The van der Waals surface area contributed by atoms with Gasteiger partial charge in [0, 0.05) is 6.54 Å². The van der Waals surface area contributed by atoms with E-state index in [1.54, 1.807) is 5.32 Å². The summed E-state index contributed by atoms with van der Waals surface area (Å²) >= 11 is 0. The lowest BCUT2D eigenvalue weighted by Crippen LogP contribution is -2.22. The molecule has 0 spiro atoms. The fourth-order valence-electron chi connectivity index (χ4n) is 1.14. The number of amides is 1. The van der Waals surface area contributed by atoms with Gasteiger partial charge in [-0.3, -0.25) is 0 Å². The molecular formula is C9H7F4NO2. The van der Waals surface area contributed by atoms with Crippen LogP contribution >= 0.6 is 0 Å². The number of carboxylic acid groups (broad SMARTS) is 1. The maximum Gasteiger partial charge on any atom is 0.416 e. The predicted octanol–water partition coefficient (Wildman–Crippen LogP) is 2.61. The Balaban J connectivity index is 3.03. The Morgan fingerprint density at radius 2 is 2.00 bits per heavy atom. The first-order valence-corrected chi connectivity index (χ1v) is 4.13. The molecule has 0 saturated carbocycles. The molecule has 0 heterocycles. The standard InChI is InChI=1S/C9H7F4NO2/c10-6-2-1-5(4-14-8(15)16)7(3-6)9(11,12)13/h1-3,14H,4H2,(H,15,16). The molecule has 1 rings (SSSR count). The highest BCUT2D eigenvalue weighted by atomic mass is 19.4. The summed E-state index contributed by atoms with van der Waals surface area (Å²) in [6, 6.07) is 2.07. The molecule has 0 unspecified atom stereocenters. The molecule has 0 aliphatic carbocycles. The van der Waals surface area contributed by atoms with Gasteiger partial charge >= 0.3 is 12.3 Å². The zero-order chi connectivity index (χ0) is 12.3. The van der Waals surface area contributed by atoms with E-state index in [0.29, 0.717) is 6.07 Å². The maximum absolute atomic E-state index is 12.6. The topological polar surface area (TPSA) is 49.3 Å². The number of rotatable bonds is 2. The lowest BCUT2D eigenvalue weighted by atomic mass is 10.1. The minimum Gasteiger partial charge on any atom is -0.465 e. The highest BCUT2D eigenvalue weighted by molar-refractivity contribution is 5.64. The molecule has 0 atom stereocenters. The van der Waals surface area contributed by atoms with Crippen molar-refractivity contribution < 1.29 is 27.5 Å². The van der Waals surface area contributed by atoms with Crippen LogP contribution in [0, 0.1) is 5.82 Å². The first-order valence-electron chi connectivity index (χ1n) is 4.13. The molecule has 2 N–H and O–H groups in total. The Kier molecular flexibility index (Phi) is 3.36. The summed E-state index contributed by atoms with van der Waals surface area (Å²) in [6.07, 6.45) is -6.16. The van der Waals surface area contributed by atoms with Gasteiger partial charge in [0.1, 0.15) is 5.82 Å². The average molecular weight is 237 g/mol. The number of nitrogens with one attached hydrogen (secondary N) is 1. The molecule has 3 nitrogen and oxygen atoms in total. The van der Waals surface area contributed by atoms with E-state index in [4.69, 9.17) is 5.11 Å². The van der Waals surface area contributed by atoms with Gasteiger partial charge in [0.15, 0.2) is 0 Å². The van der Waals surface area contributed by atoms with E-state index in [9.17, 15) is 22.4 Å². The van der Waals surface area contributed by atoms with E-state index in [-0.39, 0.29) is 5.56 Å². The highest BCUT2D eigenvalue weighted by Crippen LogP contribution is 2.32. The molecule has 1 aromatic carbocycles. The van der Waals surface area contributed by atoms with Gasteiger partial charge in [0.05, 0.1) is 5.56 Å². The van der Waals surface area contributed by atoms with Crippen molar-refractivity contribution in [1.29, 1.82) is 0 Å². The Morgan fingerprint density at radius 1 is 1.38 bits per heavy atom. The maximum atomic E-state index is 12.6. The van der Waals surface area contributed by atoms with E-state index in [0.717, 1.165) is 12.1 Å². The van der Waals surface area contributed by atoms with Gasteiger partial charge in [-0.1, -0.05) is 6.07 Å². The van der Waals surface area contributed by atoms with Crippen LogP contribution in [0.25, 0.3) is 0 Å². The minimum atomic E-state index is -4.71. The molecule has 16 heavy (non-hydrogen) atoms. The SMILES string of the molecule is O=C(O)NCc1ccc(F)cc1C(F)(F)F. The molecule has 7 heteroatoms. The summed E-state index contributed by atoms with van der Waals surface area (Å²) in [5, 5.41) is 10.0. The third-order valence-corrected chi connectivity index (χ3v) is 1.81. The number of hydrogen-bond donors (Lipinski definition) is 2. The molecule has 0 bridgehead atoms. The summed E-state index contributed by atoms with van der Waals surface area (Å²) in [7, 11) is 0. The summed E-state index contributed by atoms with van der Waals surface area (Å²) in [5.74, 6) is -1.02. The normalized spacial score (nSPS) is 11.2. The van der Waals surface area contributed by atoms with Crippen molar-refractivity contribution in [2.45, 2.75) is 12.7 Å². The molecule has 0 aliphatic heterocycles. The van der Waals surface area contributed by atoms with Crippen LogP contribution in [0.15, 0.2) is 18.2 Å². The summed E-state index contributed by atoms with van der Waals surface area (Å²) in [4.78, 5) is 10.1. The highest BCUT2D eigenvalue weighted by Gasteiger charge is 2.33. The fourth-order valence-corrected chi connectivity index (χ4v) is 1.14. The lowest BCUT2D eigenvalue weighted by molar-refractivity contribution is -0.138. The molecule has 0 fully saturated rings. The van der Waals surface area contributed by atoms with Gasteiger partial charge in [-0.25, -0.2) is 9.18 Å². The third-order valence-electron chi connectivity index (χ3n) is 1.81. The molecule has 0 aromatic heterocycles. The smallest absolute Gasteiger partial charge is 0.416 e. The van der Waals surface area contributed by atoms with E-state index < -0.39 is 30.2 Å². The van der Waals surface area contributed by atoms with Gasteiger partial charge in [0.25, 0.3) is 0 Å². The molecule has 0 aliphatic rings. The average Bonchev–Trinajstić information content (AvgIpc) is 2.14. The van der Waals surface area contributed by atoms with E-state index in [2.05, 4.69) is 0 Å². The van der Waals surface area contributed by atoms with Gasteiger partial charge in [-0.2, -0.15) is 13.2 Å². The van der Waals surface area contributed by atoms with Crippen LogP contribution in [-0.2, 0) is 12.7 Å². The van der Waals surface area contributed by atoms with Crippen LogP contribution in [0.5, 0.6) is 0 Å². The lowest BCUT2D eigenvalue weighted by Gasteiger charge is -2.12. The first kappa shape index (κ1) is 12.3. The first-order chi connectivity index (χ1) is 7.30. The van der Waals surface area contributed by atoms with Crippen LogP contribution in [0.2, 0.25) is 0 Å². The number of alkyl halides is 3. The van der Waals surface area contributed by atoms with Crippen LogP contribution in [-0.4, -0.2) is 11.2 Å². The van der Waals surface area contributed by atoms with Crippen LogP contribution < -0.4 is 5.32 Å². The van der Waals surface area contributed by atoms with Crippen molar-refractivity contribution in [2.24, 2.45) is 0 Å². The number of hydrogen-bond acceptors (Lipinski definition) is 1. The van der Waals surface area contributed by atoms with Crippen LogP contribution in [0.1, 0.15) is 11.1 Å². The fraction of sp³-hybridized carbons (Fsp3) is 0.222. The van der Waals surface area contributed by atoms with Gasteiger partial charge in [-0.15, -0.1) is 0 Å². The van der Waals surface area contributed by atoms with Crippen molar-refractivity contribution in [3.05, 3.63) is 35.1 Å². The Morgan fingerprint density at radius 3 is 2.50 bits per heavy atom. The molecule has 88 valence electrons. The second-order valence-electron chi connectivity index (χ2n) is 2.96. The zero-order valence-corrected chi connectivity index (χ0v) is 7.81. The monoisotopic (exact) mass is 237 g/mol. The molecular weight excluding hydrogens is 230 g/mol. The number of halogens is 4. The molecule has 1 amide bonds. The Labute approximate surface area is 87.7 Å². The number of benzene rings is 1. The van der Waals surface area contributed by atoms with Crippen LogP contribution in [0.4, 0.5) is 22.4 Å². The predicted molar refractivity (Wildman–Crippen MR) is 46.3 cm³/mol. The van der Waals surface area contributed by atoms with Crippen molar-refractivity contribution >= 4 is 6.09 Å². The van der Waals surface area contributed by atoms with Crippen molar-refractivity contribution in [3.8, 4) is 0 Å². The largest absolute Gasteiger partial charge is 0.465 e. The van der Waals surface area contributed by atoms with Gasteiger partial charge in [-0.05, 0) is 17.7 Å². The second-order valence-corrected chi connectivity index (χ2v) is 2.96. The third kappa shape index (κ3) is 3.11. The van der Waals surface area contributed by atoms with Crippen molar-refractivity contribution in [2.75, 3.05) is 0 Å². The summed E-state index contributed by atoms with van der Waals surface area (Å²) < 4.78 is 49.9. The Hall–Kier alpha value is -1.79. The van der Waals surface area contributed by atoms with Gasteiger partial charge in [0.2, 0.25) is 0 Å². The molecule has 0 saturated heterocycles. The quantitative estimate of drug-likeness (QED) is 0.777. The molecule has 1 aromatic rings. The Bertz CT molecular complexity index is 403. The number of carbonyl (C=O) groups is 1. The zero-order valence-electron chi connectivity index (χ0n) is 7.81. The van der Waals surface area contributed by atoms with E-state index in [1.165, 1.54) is 0 Å². The minimum absolute atomic E-state index is 0.323. The van der Waals surface area contributed by atoms with Crippen molar-refractivity contribution in [1.82, 2.24) is 5.32 Å². The second kappa shape index (κ2) is 4.38. The van der Waals surface area contributed by atoms with Crippen molar-refractivity contribution in [3.63, 3.8) is 0 Å². The van der Waals surface area contributed by atoms with Gasteiger partial charge < -0.3 is 10.4 Å². The van der Waals surface area contributed by atoms with E-state index >= 15 is 0 Å². The van der Waals surface area contributed by atoms with Crippen LogP contribution in [0.3, 0.4) is 0 Å². The summed E-state index contributed by atoms with van der Waals surface area (Å²) in [5.41, 5.74) is -1.50. The molecule has 0 radical (unpaired) electrons. The summed E-state index contributed by atoms with van der Waals surface area (Å²) in [6.45, 7) is -0.523.